The van der Waals surface area contributed by atoms with Crippen molar-refractivity contribution in [3.63, 3.8) is 0 Å². The summed E-state index contributed by atoms with van der Waals surface area (Å²) >= 11 is 0. The van der Waals surface area contributed by atoms with E-state index in [0.717, 1.165) is 24.0 Å². The van der Waals surface area contributed by atoms with Crippen LogP contribution < -0.4 is 16.0 Å². The second-order valence-corrected chi connectivity index (χ2v) is 8.91. The van der Waals surface area contributed by atoms with Crippen LogP contribution in [0.25, 0.3) is 5.57 Å². The summed E-state index contributed by atoms with van der Waals surface area (Å²) in [5.41, 5.74) is 2.90. The Morgan fingerprint density at radius 2 is 2.08 bits per heavy atom. The van der Waals surface area contributed by atoms with E-state index in [1.807, 2.05) is 19.1 Å². The Morgan fingerprint density at radius 3 is 2.81 bits per heavy atom. The molecular formula is C28H35FN4O3. The molecule has 4 N–H and O–H groups in total. The van der Waals surface area contributed by atoms with Gasteiger partial charge in [-0.1, -0.05) is 30.9 Å². The van der Waals surface area contributed by atoms with Gasteiger partial charge in [-0.25, -0.2) is 9.37 Å². The van der Waals surface area contributed by atoms with Crippen LogP contribution in [0.3, 0.4) is 0 Å². The Bertz CT molecular complexity index is 1100. The van der Waals surface area contributed by atoms with Gasteiger partial charge < -0.3 is 15.7 Å². The van der Waals surface area contributed by atoms with E-state index in [1.54, 1.807) is 24.3 Å². The second kappa shape index (κ2) is 13.8. The third-order valence-corrected chi connectivity index (χ3v) is 6.46. The van der Waals surface area contributed by atoms with Crippen molar-refractivity contribution in [2.24, 2.45) is 5.92 Å². The Labute approximate surface area is 211 Å². The molecule has 2 atom stereocenters. The largest absolute Gasteiger partial charge is 0.389 e. The zero-order valence-corrected chi connectivity index (χ0v) is 20.7. The molecule has 0 aliphatic heterocycles. The molecule has 1 aromatic heterocycles. The van der Waals surface area contributed by atoms with Gasteiger partial charge in [-0.05, 0) is 68.0 Å². The van der Waals surface area contributed by atoms with Crippen LogP contribution in [-0.2, 0) is 11.2 Å². The van der Waals surface area contributed by atoms with Crippen molar-refractivity contribution in [1.82, 2.24) is 15.6 Å². The van der Waals surface area contributed by atoms with Crippen LogP contribution >= 0.6 is 0 Å². The Morgan fingerprint density at radius 1 is 1.25 bits per heavy atom. The third kappa shape index (κ3) is 7.65. The van der Waals surface area contributed by atoms with Crippen molar-refractivity contribution in [3.8, 4) is 0 Å². The van der Waals surface area contributed by atoms with Crippen molar-refractivity contribution in [2.45, 2.75) is 38.6 Å². The minimum absolute atomic E-state index is 0.0858. The molecule has 8 heteroatoms. The molecule has 1 fully saturated rings. The number of aliphatic hydroxyl groups is 1. The summed E-state index contributed by atoms with van der Waals surface area (Å²) in [5.74, 6) is -0.0961. The van der Waals surface area contributed by atoms with Gasteiger partial charge in [-0.3, -0.25) is 14.9 Å². The van der Waals surface area contributed by atoms with Gasteiger partial charge in [0.15, 0.2) is 11.6 Å². The zero-order valence-electron chi connectivity index (χ0n) is 20.7. The molecule has 192 valence electrons. The lowest BCUT2D eigenvalue weighted by Gasteiger charge is -2.15. The fourth-order valence-electron chi connectivity index (χ4n) is 4.44. The summed E-state index contributed by atoms with van der Waals surface area (Å²) in [6.45, 7) is 6.37. The number of pyridine rings is 1. The number of ketones is 2. The highest BCUT2D eigenvalue weighted by Crippen LogP contribution is 2.26. The molecule has 2 aromatic rings. The Kier molecular flexibility index (Phi) is 10.5. The molecule has 0 saturated heterocycles. The fraction of sp³-hybridized carbons (Fsp3) is 0.393. The Balaban J connectivity index is 1.59. The van der Waals surface area contributed by atoms with Gasteiger partial charge in [0.05, 0.1) is 17.8 Å². The molecule has 3 rings (SSSR count). The predicted octanol–water partition coefficient (Wildman–Crippen LogP) is 3.51. The maximum Gasteiger partial charge on any atom is 0.180 e. The van der Waals surface area contributed by atoms with Crippen molar-refractivity contribution in [1.29, 1.82) is 0 Å². The number of carbonyl (C=O) groups is 2. The van der Waals surface area contributed by atoms with Gasteiger partial charge in [-0.2, -0.15) is 0 Å². The number of aliphatic hydroxyl groups excluding tert-OH is 1. The highest BCUT2D eigenvalue weighted by atomic mass is 19.1. The second-order valence-electron chi connectivity index (χ2n) is 8.91. The quantitative estimate of drug-likeness (QED) is 0.138. The van der Waals surface area contributed by atoms with Crippen molar-refractivity contribution < 1.29 is 19.1 Å². The number of carbonyl (C=O) groups excluding carboxylic acids is 2. The molecule has 0 bridgehead atoms. The van der Waals surface area contributed by atoms with E-state index in [2.05, 4.69) is 27.5 Å². The summed E-state index contributed by atoms with van der Waals surface area (Å²) < 4.78 is 13.5. The van der Waals surface area contributed by atoms with Crippen LogP contribution in [-0.4, -0.2) is 54.1 Å². The lowest BCUT2D eigenvalue weighted by molar-refractivity contribution is -0.125. The third-order valence-electron chi connectivity index (χ3n) is 6.46. The van der Waals surface area contributed by atoms with Crippen LogP contribution in [0.2, 0.25) is 0 Å². The van der Waals surface area contributed by atoms with Crippen molar-refractivity contribution in [2.75, 3.05) is 31.7 Å². The average molecular weight is 495 g/mol. The van der Waals surface area contributed by atoms with Crippen LogP contribution in [0.4, 0.5) is 10.2 Å². The first-order valence-corrected chi connectivity index (χ1v) is 12.3. The van der Waals surface area contributed by atoms with Crippen molar-refractivity contribution in [3.05, 3.63) is 77.8 Å². The van der Waals surface area contributed by atoms with E-state index in [0.29, 0.717) is 43.1 Å². The lowest BCUT2D eigenvalue weighted by Crippen LogP contribution is -2.38. The highest BCUT2D eigenvalue weighted by Gasteiger charge is 2.28. The summed E-state index contributed by atoms with van der Waals surface area (Å²) in [4.78, 5) is 29.3. The monoisotopic (exact) mass is 494 g/mol. The van der Waals surface area contributed by atoms with E-state index in [-0.39, 0.29) is 35.9 Å². The van der Waals surface area contributed by atoms with Crippen LogP contribution in [0.5, 0.6) is 0 Å². The summed E-state index contributed by atoms with van der Waals surface area (Å²) in [6.07, 6.45) is 6.55. The molecule has 1 aliphatic rings. The van der Waals surface area contributed by atoms with Gasteiger partial charge in [0, 0.05) is 25.2 Å². The first-order chi connectivity index (χ1) is 17.4. The van der Waals surface area contributed by atoms with Crippen LogP contribution in [0.1, 0.15) is 47.8 Å². The van der Waals surface area contributed by atoms with E-state index in [9.17, 15) is 14.0 Å². The number of rotatable bonds is 14. The number of nitrogens with zero attached hydrogens (tertiary/aromatic N) is 1. The highest BCUT2D eigenvalue weighted by molar-refractivity contribution is 6.02. The predicted molar refractivity (Wildman–Crippen MR) is 140 cm³/mol. The van der Waals surface area contributed by atoms with Gasteiger partial charge in [0.2, 0.25) is 0 Å². The number of nitrogens with one attached hydrogen (secondary N) is 3. The molecule has 1 saturated carbocycles. The molecule has 0 radical (unpaired) electrons. The van der Waals surface area contributed by atoms with E-state index < -0.39 is 6.61 Å². The first kappa shape index (κ1) is 27.4. The molecule has 0 unspecified atom stereocenters. The normalized spacial score (nSPS) is 17.7. The maximum atomic E-state index is 13.5. The van der Waals surface area contributed by atoms with Crippen molar-refractivity contribution >= 4 is 23.0 Å². The molecule has 1 aliphatic carbocycles. The summed E-state index contributed by atoms with van der Waals surface area (Å²) in [5, 5.41) is 18.7. The van der Waals surface area contributed by atoms with Gasteiger partial charge in [0.1, 0.15) is 18.2 Å². The zero-order chi connectivity index (χ0) is 25.9. The smallest absolute Gasteiger partial charge is 0.180 e. The SMILES string of the molecule is C=C/C(=C\C)c1ccc(C(=O)CNCN[C@H]2CC[C@H](C(=O)CO)C2)c(NCCc2cccc(F)c2)n1. The molecular weight excluding hydrogens is 459 g/mol. The van der Waals surface area contributed by atoms with Gasteiger partial charge in [-0.15, -0.1) is 0 Å². The fourth-order valence-corrected chi connectivity index (χ4v) is 4.44. The molecule has 0 spiro atoms. The molecule has 0 amide bonds. The number of aromatic nitrogens is 1. The number of hydrogen-bond donors (Lipinski definition) is 4. The molecule has 1 aromatic carbocycles. The lowest BCUT2D eigenvalue weighted by atomic mass is 10.0. The minimum atomic E-state index is -0.405. The van der Waals surface area contributed by atoms with Gasteiger partial charge >= 0.3 is 0 Å². The molecule has 36 heavy (non-hydrogen) atoms. The van der Waals surface area contributed by atoms with E-state index >= 15 is 0 Å². The van der Waals surface area contributed by atoms with Gasteiger partial charge in [0.25, 0.3) is 0 Å². The summed E-state index contributed by atoms with van der Waals surface area (Å²) in [7, 11) is 0. The molecule has 7 nitrogen and oxygen atoms in total. The number of hydrogen-bond acceptors (Lipinski definition) is 7. The maximum absolute atomic E-state index is 13.5. The average Bonchev–Trinajstić information content (AvgIpc) is 3.36. The molecule has 1 heterocycles. The van der Waals surface area contributed by atoms with E-state index in [4.69, 9.17) is 5.11 Å². The number of benzene rings is 1. The summed E-state index contributed by atoms with van der Waals surface area (Å²) in [6, 6.07) is 10.2. The minimum Gasteiger partial charge on any atom is -0.389 e. The number of Topliss-reactive ketones (excluding diaryl/α,β-unsaturated/α-hetero) is 2. The number of anilines is 1. The topological polar surface area (TPSA) is 103 Å². The number of allylic oxidation sites excluding steroid dienone is 3. The van der Waals surface area contributed by atoms with Crippen LogP contribution in [0.15, 0.2) is 55.1 Å². The standard InChI is InChI=1S/C28H35FN4O3/c1-3-20(4-2)25-11-10-24(28(33-25)31-13-12-19-6-5-7-22(29)14-19)26(35)16-30-18-32-23-9-8-21(15-23)27(36)17-34/h3-7,10-11,14,21,23,30,32,34H,1,8-9,12-13,15-18H2,2H3,(H,31,33)/b20-4+/t21-,23-/m0/s1. The number of halogens is 1. The van der Waals surface area contributed by atoms with E-state index in [1.165, 1.54) is 12.1 Å². The van der Waals surface area contributed by atoms with Crippen LogP contribution in [0, 0.1) is 11.7 Å². The first-order valence-electron chi connectivity index (χ1n) is 12.3. The Hall–Kier alpha value is -3.20.